The van der Waals surface area contributed by atoms with Crippen LogP contribution in [0.25, 0.3) is 12.2 Å². The smallest absolute Gasteiger partial charge is 0.176 e. The molecule has 0 N–H and O–H groups in total. The number of sulfone groups is 1. The van der Waals surface area contributed by atoms with Crippen molar-refractivity contribution in [2.45, 2.75) is 4.90 Å². The highest BCUT2D eigenvalue weighted by Gasteiger charge is 2.15. The second-order valence-electron chi connectivity index (χ2n) is 4.68. The summed E-state index contributed by atoms with van der Waals surface area (Å²) < 4.78 is 23.7. The SMILES string of the molecule is CS(=O)(=O)c1cccc2c1C=Cc1ccccc1C=N2. The van der Waals surface area contributed by atoms with E-state index in [0.717, 1.165) is 11.1 Å². The van der Waals surface area contributed by atoms with E-state index >= 15 is 0 Å². The molecule has 0 saturated heterocycles. The maximum absolute atomic E-state index is 11.9. The van der Waals surface area contributed by atoms with Gasteiger partial charge in [0.1, 0.15) is 0 Å². The standard InChI is InChI=1S/C16H13NO2S/c1-20(18,19)16-8-4-7-15-14(16)10-9-12-5-2-3-6-13(12)11-17-15/h2-11H,1H3. The van der Waals surface area contributed by atoms with Crippen molar-refractivity contribution in [1.29, 1.82) is 0 Å². The van der Waals surface area contributed by atoms with Crippen LogP contribution in [0.2, 0.25) is 0 Å². The molecular formula is C16H13NO2S. The number of rotatable bonds is 1. The molecule has 1 aliphatic heterocycles. The minimum absolute atomic E-state index is 0.308. The molecule has 0 aliphatic carbocycles. The molecule has 4 heteroatoms. The van der Waals surface area contributed by atoms with Crippen molar-refractivity contribution in [2.24, 2.45) is 4.99 Å². The first-order valence-corrected chi connectivity index (χ1v) is 8.09. The average molecular weight is 283 g/mol. The van der Waals surface area contributed by atoms with Gasteiger partial charge in [0.15, 0.2) is 9.84 Å². The average Bonchev–Trinajstić information content (AvgIpc) is 2.40. The highest BCUT2D eigenvalue weighted by molar-refractivity contribution is 7.90. The van der Waals surface area contributed by atoms with Gasteiger partial charge < -0.3 is 0 Å². The molecule has 100 valence electrons. The molecule has 1 aliphatic rings. The normalized spacial score (nSPS) is 13.2. The number of hydrogen-bond acceptors (Lipinski definition) is 3. The molecule has 1 heterocycles. The van der Waals surface area contributed by atoms with Crippen LogP contribution in [-0.4, -0.2) is 20.9 Å². The lowest BCUT2D eigenvalue weighted by Crippen LogP contribution is -2.00. The largest absolute Gasteiger partial charge is 0.256 e. The van der Waals surface area contributed by atoms with Gasteiger partial charge in [-0.3, -0.25) is 4.99 Å². The van der Waals surface area contributed by atoms with E-state index in [1.54, 1.807) is 18.3 Å². The zero-order chi connectivity index (χ0) is 14.2. The second-order valence-corrected chi connectivity index (χ2v) is 6.67. The maximum atomic E-state index is 11.9. The Labute approximate surface area is 118 Å². The van der Waals surface area contributed by atoms with Crippen LogP contribution in [0.3, 0.4) is 0 Å². The summed E-state index contributed by atoms with van der Waals surface area (Å²) in [6, 6.07) is 13.0. The fourth-order valence-electron chi connectivity index (χ4n) is 2.23. The van der Waals surface area contributed by atoms with Gasteiger partial charge >= 0.3 is 0 Å². The van der Waals surface area contributed by atoms with E-state index in [1.807, 2.05) is 42.5 Å². The van der Waals surface area contributed by atoms with Crippen LogP contribution in [0.15, 0.2) is 52.4 Å². The van der Waals surface area contributed by atoms with E-state index < -0.39 is 9.84 Å². The number of nitrogens with zero attached hydrogens (tertiary/aromatic N) is 1. The monoisotopic (exact) mass is 283 g/mol. The summed E-state index contributed by atoms with van der Waals surface area (Å²) in [4.78, 5) is 4.73. The Morgan fingerprint density at radius 2 is 1.65 bits per heavy atom. The van der Waals surface area contributed by atoms with E-state index in [2.05, 4.69) is 4.99 Å². The predicted molar refractivity (Wildman–Crippen MR) is 82.2 cm³/mol. The Balaban J connectivity index is 2.25. The maximum Gasteiger partial charge on any atom is 0.176 e. The van der Waals surface area contributed by atoms with Crippen molar-refractivity contribution in [3.8, 4) is 0 Å². The lowest BCUT2D eigenvalue weighted by molar-refractivity contribution is 0.601. The first-order chi connectivity index (χ1) is 9.55. The van der Waals surface area contributed by atoms with Crippen LogP contribution in [0.5, 0.6) is 0 Å². The van der Waals surface area contributed by atoms with Crippen LogP contribution >= 0.6 is 0 Å². The van der Waals surface area contributed by atoms with Crippen LogP contribution in [-0.2, 0) is 9.84 Å². The predicted octanol–water partition coefficient (Wildman–Crippen LogP) is 3.32. The lowest BCUT2D eigenvalue weighted by atomic mass is 10.0. The highest BCUT2D eigenvalue weighted by Crippen LogP contribution is 2.30. The topological polar surface area (TPSA) is 46.5 Å². The van der Waals surface area contributed by atoms with E-state index in [0.29, 0.717) is 16.1 Å². The quantitative estimate of drug-likeness (QED) is 0.687. The zero-order valence-corrected chi connectivity index (χ0v) is 11.8. The molecule has 0 saturated carbocycles. The number of hydrogen-bond donors (Lipinski definition) is 0. The molecule has 0 unspecified atom stereocenters. The molecule has 2 aromatic carbocycles. The fraction of sp³-hybridized carbons (Fsp3) is 0.0625. The van der Waals surface area contributed by atoms with Gasteiger partial charge in [0.2, 0.25) is 0 Å². The molecule has 0 spiro atoms. The third kappa shape index (κ3) is 2.30. The highest BCUT2D eigenvalue weighted by atomic mass is 32.2. The summed E-state index contributed by atoms with van der Waals surface area (Å²) in [5.41, 5.74) is 3.34. The summed E-state index contributed by atoms with van der Waals surface area (Å²) in [5.74, 6) is 0. The molecule has 0 bridgehead atoms. The van der Waals surface area contributed by atoms with Crippen LogP contribution in [0, 0.1) is 0 Å². The van der Waals surface area contributed by atoms with Gasteiger partial charge in [-0.05, 0) is 23.3 Å². The minimum atomic E-state index is -3.27. The van der Waals surface area contributed by atoms with Crippen LogP contribution < -0.4 is 0 Å². The molecule has 2 aromatic rings. The Morgan fingerprint density at radius 1 is 0.900 bits per heavy atom. The summed E-state index contributed by atoms with van der Waals surface area (Å²) in [7, 11) is -3.27. The molecule has 0 atom stereocenters. The van der Waals surface area contributed by atoms with Crippen molar-refractivity contribution in [2.75, 3.05) is 6.26 Å². The Kier molecular flexibility index (Phi) is 3.03. The van der Waals surface area contributed by atoms with E-state index in [9.17, 15) is 8.42 Å². The van der Waals surface area contributed by atoms with Crippen LogP contribution in [0.1, 0.15) is 16.7 Å². The third-order valence-corrected chi connectivity index (χ3v) is 4.37. The van der Waals surface area contributed by atoms with Gasteiger partial charge in [-0.15, -0.1) is 0 Å². The molecule has 0 radical (unpaired) electrons. The van der Waals surface area contributed by atoms with E-state index in [4.69, 9.17) is 0 Å². The van der Waals surface area contributed by atoms with Crippen molar-refractivity contribution in [3.05, 3.63) is 59.2 Å². The lowest BCUT2D eigenvalue weighted by Gasteiger charge is -2.10. The third-order valence-electron chi connectivity index (χ3n) is 3.21. The number of aliphatic imine (C=N–C) groups is 1. The summed E-state index contributed by atoms with van der Waals surface area (Å²) >= 11 is 0. The molecule has 0 fully saturated rings. The Hall–Kier alpha value is -2.20. The van der Waals surface area contributed by atoms with Gasteiger partial charge in [-0.1, -0.05) is 42.5 Å². The number of fused-ring (bicyclic) bond motifs is 2. The van der Waals surface area contributed by atoms with E-state index in [1.165, 1.54) is 6.26 Å². The van der Waals surface area contributed by atoms with Crippen molar-refractivity contribution < 1.29 is 8.42 Å². The van der Waals surface area contributed by atoms with Gasteiger partial charge in [0.25, 0.3) is 0 Å². The first-order valence-electron chi connectivity index (χ1n) is 6.20. The summed E-state index contributed by atoms with van der Waals surface area (Å²) in [6.45, 7) is 0. The molecular weight excluding hydrogens is 270 g/mol. The van der Waals surface area contributed by atoms with Crippen molar-refractivity contribution >= 4 is 33.9 Å². The van der Waals surface area contributed by atoms with E-state index in [-0.39, 0.29) is 0 Å². The summed E-state index contributed by atoms with van der Waals surface area (Å²) in [6.07, 6.45) is 6.73. The van der Waals surface area contributed by atoms with Crippen molar-refractivity contribution in [3.63, 3.8) is 0 Å². The first kappa shape index (κ1) is 12.8. The second kappa shape index (κ2) is 4.72. The Morgan fingerprint density at radius 3 is 2.40 bits per heavy atom. The molecule has 0 aromatic heterocycles. The summed E-state index contributed by atoms with van der Waals surface area (Å²) in [5, 5.41) is 0. The molecule has 3 rings (SSSR count). The Bertz CT molecular complexity index is 833. The zero-order valence-electron chi connectivity index (χ0n) is 10.9. The van der Waals surface area contributed by atoms with Gasteiger partial charge in [-0.2, -0.15) is 0 Å². The van der Waals surface area contributed by atoms with Crippen LogP contribution in [0.4, 0.5) is 5.69 Å². The van der Waals surface area contributed by atoms with Gasteiger partial charge in [0, 0.05) is 18.0 Å². The number of benzene rings is 2. The van der Waals surface area contributed by atoms with Gasteiger partial charge in [-0.25, -0.2) is 8.42 Å². The minimum Gasteiger partial charge on any atom is -0.256 e. The molecule has 0 amide bonds. The molecule has 3 nitrogen and oxygen atoms in total. The van der Waals surface area contributed by atoms with Crippen molar-refractivity contribution in [1.82, 2.24) is 0 Å². The molecule has 20 heavy (non-hydrogen) atoms. The fourth-order valence-corrected chi connectivity index (χ4v) is 3.13. The van der Waals surface area contributed by atoms with Gasteiger partial charge in [0.05, 0.1) is 10.6 Å².